The number of hydrogen-bond acceptors (Lipinski definition) is 6. The minimum atomic E-state index is -0.145. The SMILES string of the molecule is CN(C(=O)c1csc(-c2ncccn2)n1)C1C[C@H]2CC(O)C[C@H]2C1. The number of aliphatic hydroxyl groups is 1. The molecular weight excluding hydrogens is 324 g/mol. The summed E-state index contributed by atoms with van der Waals surface area (Å²) in [4.78, 5) is 27.3. The maximum atomic E-state index is 12.7. The van der Waals surface area contributed by atoms with Crippen molar-refractivity contribution >= 4 is 17.2 Å². The summed E-state index contributed by atoms with van der Waals surface area (Å²) >= 11 is 1.39. The number of aliphatic hydroxyl groups excluding tert-OH is 1. The Hall–Kier alpha value is -1.86. The van der Waals surface area contributed by atoms with Crippen LogP contribution in [-0.4, -0.2) is 50.1 Å². The van der Waals surface area contributed by atoms with Crippen LogP contribution in [0.15, 0.2) is 23.8 Å². The number of fused-ring (bicyclic) bond motifs is 1. The van der Waals surface area contributed by atoms with Crippen LogP contribution in [0.5, 0.6) is 0 Å². The van der Waals surface area contributed by atoms with Gasteiger partial charge in [0.15, 0.2) is 10.8 Å². The molecule has 0 spiro atoms. The summed E-state index contributed by atoms with van der Waals surface area (Å²) in [5, 5.41) is 12.2. The third kappa shape index (κ3) is 2.82. The zero-order valence-electron chi connectivity index (χ0n) is 13.5. The number of aromatic nitrogens is 3. The van der Waals surface area contributed by atoms with E-state index in [1.807, 2.05) is 11.9 Å². The van der Waals surface area contributed by atoms with Gasteiger partial charge in [0.05, 0.1) is 6.10 Å². The highest BCUT2D eigenvalue weighted by Gasteiger charge is 2.43. The zero-order chi connectivity index (χ0) is 16.7. The molecule has 2 aliphatic carbocycles. The normalized spacial score (nSPS) is 28.8. The third-order valence-corrected chi connectivity index (χ3v) is 6.15. The topological polar surface area (TPSA) is 79.2 Å². The molecule has 0 radical (unpaired) electrons. The minimum absolute atomic E-state index is 0.0426. The lowest BCUT2D eigenvalue weighted by Crippen LogP contribution is -2.36. The van der Waals surface area contributed by atoms with Crippen molar-refractivity contribution in [1.29, 1.82) is 0 Å². The van der Waals surface area contributed by atoms with Crippen LogP contribution in [0.1, 0.15) is 36.2 Å². The first kappa shape index (κ1) is 15.7. The molecule has 2 unspecified atom stereocenters. The molecule has 4 rings (SSSR count). The monoisotopic (exact) mass is 344 g/mol. The predicted molar refractivity (Wildman–Crippen MR) is 90.5 cm³/mol. The van der Waals surface area contributed by atoms with E-state index in [2.05, 4.69) is 15.0 Å². The first-order valence-electron chi connectivity index (χ1n) is 8.30. The molecule has 24 heavy (non-hydrogen) atoms. The summed E-state index contributed by atoms with van der Waals surface area (Å²) in [7, 11) is 1.86. The Labute approximate surface area is 144 Å². The molecule has 6 nitrogen and oxygen atoms in total. The zero-order valence-corrected chi connectivity index (χ0v) is 14.3. The van der Waals surface area contributed by atoms with Gasteiger partial charge in [-0.3, -0.25) is 4.79 Å². The lowest BCUT2D eigenvalue weighted by atomic mass is 10.0. The lowest BCUT2D eigenvalue weighted by molar-refractivity contribution is 0.0717. The quantitative estimate of drug-likeness (QED) is 0.923. The van der Waals surface area contributed by atoms with Gasteiger partial charge in [-0.05, 0) is 43.6 Å². The number of carbonyl (C=O) groups excluding carboxylic acids is 1. The van der Waals surface area contributed by atoms with E-state index in [1.54, 1.807) is 23.8 Å². The molecule has 2 aromatic rings. The van der Waals surface area contributed by atoms with Gasteiger partial charge in [-0.25, -0.2) is 15.0 Å². The minimum Gasteiger partial charge on any atom is -0.393 e. The van der Waals surface area contributed by atoms with E-state index in [9.17, 15) is 9.90 Å². The Morgan fingerprint density at radius 3 is 2.54 bits per heavy atom. The number of hydrogen-bond donors (Lipinski definition) is 1. The number of carbonyl (C=O) groups is 1. The van der Waals surface area contributed by atoms with Gasteiger partial charge < -0.3 is 10.0 Å². The van der Waals surface area contributed by atoms with E-state index in [0.29, 0.717) is 28.4 Å². The van der Waals surface area contributed by atoms with Crippen LogP contribution in [0.2, 0.25) is 0 Å². The highest BCUT2D eigenvalue weighted by atomic mass is 32.1. The van der Waals surface area contributed by atoms with Crippen LogP contribution in [-0.2, 0) is 0 Å². The molecular formula is C17H20N4O2S. The van der Waals surface area contributed by atoms with Crippen LogP contribution >= 0.6 is 11.3 Å². The van der Waals surface area contributed by atoms with Crippen LogP contribution in [0, 0.1) is 11.8 Å². The molecule has 7 heteroatoms. The van der Waals surface area contributed by atoms with Crippen LogP contribution in [0.25, 0.3) is 10.8 Å². The first-order valence-corrected chi connectivity index (χ1v) is 9.18. The highest BCUT2D eigenvalue weighted by molar-refractivity contribution is 7.13. The maximum Gasteiger partial charge on any atom is 0.273 e. The van der Waals surface area contributed by atoms with Gasteiger partial charge >= 0.3 is 0 Å². The van der Waals surface area contributed by atoms with Gasteiger partial charge in [-0.2, -0.15) is 0 Å². The summed E-state index contributed by atoms with van der Waals surface area (Å²) in [6.07, 6.45) is 6.94. The molecule has 126 valence electrons. The molecule has 4 atom stereocenters. The van der Waals surface area contributed by atoms with Gasteiger partial charge in [-0.15, -0.1) is 11.3 Å². The highest BCUT2D eigenvalue weighted by Crippen LogP contribution is 2.45. The number of amides is 1. The van der Waals surface area contributed by atoms with E-state index in [4.69, 9.17) is 0 Å². The predicted octanol–water partition coefficient (Wildman–Crippen LogP) is 2.22. The van der Waals surface area contributed by atoms with Crippen LogP contribution < -0.4 is 0 Å². The molecule has 0 bridgehead atoms. The molecule has 2 saturated carbocycles. The molecule has 2 heterocycles. The molecule has 0 aliphatic heterocycles. The van der Waals surface area contributed by atoms with Crippen molar-refractivity contribution in [2.45, 2.75) is 37.8 Å². The Kier molecular flexibility index (Phi) is 4.05. The molecule has 2 aromatic heterocycles. The van der Waals surface area contributed by atoms with Crippen molar-refractivity contribution in [1.82, 2.24) is 19.9 Å². The second kappa shape index (κ2) is 6.22. The van der Waals surface area contributed by atoms with E-state index in [1.165, 1.54) is 11.3 Å². The summed E-state index contributed by atoms with van der Waals surface area (Å²) < 4.78 is 0. The number of thiazole rings is 1. The Morgan fingerprint density at radius 1 is 1.21 bits per heavy atom. The standard InChI is InChI=1S/C17H20N4O2S/c1-21(12-5-10-7-13(22)8-11(10)6-12)17(23)14-9-24-16(20-14)15-18-3-2-4-19-15/h2-4,9-13,22H,5-8H2,1H3/t10-,11+,12?,13?. The fraction of sp³-hybridized carbons (Fsp3) is 0.529. The van der Waals surface area contributed by atoms with Crippen molar-refractivity contribution in [3.05, 3.63) is 29.5 Å². The van der Waals surface area contributed by atoms with E-state index in [0.717, 1.165) is 25.7 Å². The summed E-state index contributed by atoms with van der Waals surface area (Å²) in [5.74, 6) is 1.63. The fourth-order valence-electron chi connectivity index (χ4n) is 4.10. The van der Waals surface area contributed by atoms with E-state index in [-0.39, 0.29) is 18.1 Å². The third-order valence-electron chi connectivity index (χ3n) is 5.31. The largest absolute Gasteiger partial charge is 0.393 e. The van der Waals surface area contributed by atoms with Crippen molar-refractivity contribution in [2.75, 3.05) is 7.05 Å². The Balaban J connectivity index is 1.45. The Bertz CT molecular complexity index is 721. The van der Waals surface area contributed by atoms with Gasteiger partial charge in [-0.1, -0.05) is 0 Å². The molecule has 0 aromatic carbocycles. The fourth-order valence-corrected chi connectivity index (χ4v) is 4.84. The number of nitrogens with zero attached hydrogens (tertiary/aromatic N) is 4. The average molecular weight is 344 g/mol. The van der Waals surface area contributed by atoms with Gasteiger partial charge in [0, 0.05) is 30.9 Å². The van der Waals surface area contributed by atoms with Gasteiger partial charge in [0.2, 0.25) is 0 Å². The lowest BCUT2D eigenvalue weighted by Gasteiger charge is -2.24. The smallest absolute Gasteiger partial charge is 0.273 e. The van der Waals surface area contributed by atoms with E-state index >= 15 is 0 Å². The molecule has 1 N–H and O–H groups in total. The Morgan fingerprint density at radius 2 is 1.88 bits per heavy atom. The van der Waals surface area contributed by atoms with Gasteiger partial charge in [0.25, 0.3) is 5.91 Å². The van der Waals surface area contributed by atoms with Crippen molar-refractivity contribution < 1.29 is 9.90 Å². The molecule has 2 fully saturated rings. The summed E-state index contributed by atoms with van der Waals surface area (Å²) in [6, 6.07) is 2.00. The first-order chi connectivity index (χ1) is 11.6. The van der Waals surface area contributed by atoms with Crippen molar-refractivity contribution in [2.24, 2.45) is 11.8 Å². The average Bonchev–Trinajstić information content (AvgIpc) is 3.28. The van der Waals surface area contributed by atoms with Crippen LogP contribution in [0.3, 0.4) is 0 Å². The van der Waals surface area contributed by atoms with Gasteiger partial charge in [0.1, 0.15) is 5.69 Å². The van der Waals surface area contributed by atoms with Crippen molar-refractivity contribution in [3.63, 3.8) is 0 Å². The summed E-state index contributed by atoms with van der Waals surface area (Å²) in [6.45, 7) is 0. The second-order valence-electron chi connectivity index (χ2n) is 6.80. The second-order valence-corrected chi connectivity index (χ2v) is 7.66. The van der Waals surface area contributed by atoms with E-state index < -0.39 is 0 Å². The van der Waals surface area contributed by atoms with Crippen molar-refractivity contribution in [3.8, 4) is 10.8 Å². The molecule has 2 aliphatic rings. The molecule has 1 amide bonds. The van der Waals surface area contributed by atoms with Crippen LogP contribution in [0.4, 0.5) is 0 Å². The number of rotatable bonds is 3. The molecule has 0 saturated heterocycles. The maximum absolute atomic E-state index is 12.7. The summed E-state index contributed by atoms with van der Waals surface area (Å²) in [5.41, 5.74) is 0.460.